The first-order valence-electron chi connectivity index (χ1n) is 9.78. The van der Waals surface area contributed by atoms with Gasteiger partial charge in [0.15, 0.2) is 5.76 Å². The van der Waals surface area contributed by atoms with Crippen molar-refractivity contribution in [2.45, 2.75) is 19.8 Å². The summed E-state index contributed by atoms with van der Waals surface area (Å²) in [7, 11) is 0. The summed E-state index contributed by atoms with van der Waals surface area (Å²) < 4.78 is 6.08. The monoisotopic (exact) mass is 379 g/mol. The van der Waals surface area contributed by atoms with Gasteiger partial charge in [0.25, 0.3) is 5.91 Å². The van der Waals surface area contributed by atoms with Crippen LogP contribution >= 0.6 is 0 Å². The predicted molar refractivity (Wildman–Crippen MR) is 109 cm³/mol. The highest BCUT2D eigenvalue weighted by atomic mass is 16.3. The molecule has 1 aliphatic rings. The number of benzene rings is 2. The van der Waals surface area contributed by atoms with Crippen molar-refractivity contribution in [3.05, 3.63) is 47.7 Å². The molecule has 0 saturated carbocycles. The minimum atomic E-state index is -0.199. The van der Waals surface area contributed by atoms with E-state index in [4.69, 9.17) is 10.2 Å². The molecule has 2 aromatic carbocycles. The van der Waals surface area contributed by atoms with Crippen LogP contribution in [0.2, 0.25) is 0 Å². The van der Waals surface area contributed by atoms with Gasteiger partial charge in [-0.25, -0.2) is 0 Å². The number of aryl methyl sites for hydroxylation is 1. The molecular weight excluding hydrogens is 354 g/mol. The quantitative estimate of drug-likeness (QED) is 0.730. The molecule has 1 aromatic heterocycles. The van der Waals surface area contributed by atoms with E-state index in [0.717, 1.165) is 40.1 Å². The summed E-state index contributed by atoms with van der Waals surface area (Å²) in [4.78, 5) is 27.2. The molecule has 0 radical (unpaired) electrons. The lowest BCUT2D eigenvalue weighted by molar-refractivity contribution is -0.126. The first kappa shape index (κ1) is 18.5. The van der Waals surface area contributed by atoms with Crippen molar-refractivity contribution < 1.29 is 14.0 Å². The highest BCUT2D eigenvalue weighted by Gasteiger charge is 2.31. The lowest BCUT2D eigenvalue weighted by Gasteiger charge is -2.31. The summed E-state index contributed by atoms with van der Waals surface area (Å²) in [5.74, 6) is -0.00601. The number of amides is 2. The largest absolute Gasteiger partial charge is 0.450 e. The molecule has 146 valence electrons. The smallest absolute Gasteiger partial charge is 0.289 e. The van der Waals surface area contributed by atoms with E-state index >= 15 is 0 Å². The van der Waals surface area contributed by atoms with Crippen molar-refractivity contribution in [3.8, 4) is 0 Å². The predicted octanol–water partition coefficient (Wildman–Crippen LogP) is 2.82. The zero-order valence-corrected chi connectivity index (χ0v) is 16.0. The Labute approximate surface area is 163 Å². The molecular formula is C22H25N3O3. The topological polar surface area (TPSA) is 88.6 Å². The Bertz CT molecular complexity index is 1040. The maximum absolute atomic E-state index is 13.2. The van der Waals surface area contributed by atoms with Crippen LogP contribution in [0.4, 0.5) is 0 Å². The summed E-state index contributed by atoms with van der Waals surface area (Å²) in [5, 5.41) is 5.86. The van der Waals surface area contributed by atoms with Crippen LogP contribution in [0, 0.1) is 12.8 Å². The SMILES string of the molecule is Cc1c(C(=O)N2CCCC(C(=O)NCCN)C2)oc2c1ccc1ccccc12. The molecule has 3 N–H and O–H groups in total. The summed E-state index contributed by atoms with van der Waals surface area (Å²) in [6, 6.07) is 12.0. The number of likely N-dealkylation sites (tertiary alicyclic amines) is 1. The number of nitrogens with zero attached hydrogens (tertiary/aromatic N) is 1. The second-order valence-electron chi connectivity index (χ2n) is 7.39. The fourth-order valence-electron chi connectivity index (χ4n) is 4.01. The number of nitrogens with two attached hydrogens (primary N) is 1. The minimum absolute atomic E-state index is 0.0322. The minimum Gasteiger partial charge on any atom is -0.450 e. The van der Waals surface area contributed by atoms with E-state index in [1.165, 1.54) is 0 Å². The van der Waals surface area contributed by atoms with Gasteiger partial charge in [0, 0.05) is 42.5 Å². The normalized spacial score (nSPS) is 17.2. The van der Waals surface area contributed by atoms with Gasteiger partial charge in [-0.2, -0.15) is 0 Å². The van der Waals surface area contributed by atoms with Gasteiger partial charge in [0.1, 0.15) is 5.58 Å². The van der Waals surface area contributed by atoms with E-state index in [-0.39, 0.29) is 17.7 Å². The summed E-state index contributed by atoms with van der Waals surface area (Å²) >= 11 is 0. The van der Waals surface area contributed by atoms with Crippen LogP contribution in [0.3, 0.4) is 0 Å². The average molecular weight is 379 g/mol. The molecule has 6 heteroatoms. The Morgan fingerprint density at radius 2 is 2.04 bits per heavy atom. The Kier molecular flexibility index (Phi) is 5.05. The van der Waals surface area contributed by atoms with Crippen molar-refractivity contribution >= 4 is 33.6 Å². The number of fused-ring (bicyclic) bond motifs is 3. The average Bonchev–Trinajstić information content (AvgIpc) is 3.08. The van der Waals surface area contributed by atoms with Gasteiger partial charge in [0.2, 0.25) is 5.91 Å². The molecule has 28 heavy (non-hydrogen) atoms. The fourth-order valence-corrected chi connectivity index (χ4v) is 4.01. The third-order valence-electron chi connectivity index (χ3n) is 5.55. The summed E-state index contributed by atoms with van der Waals surface area (Å²) in [5.41, 5.74) is 7.05. The third kappa shape index (κ3) is 3.24. The van der Waals surface area contributed by atoms with Crippen LogP contribution in [0.1, 0.15) is 29.0 Å². The Balaban J connectivity index is 1.62. The highest BCUT2D eigenvalue weighted by Crippen LogP contribution is 2.33. The van der Waals surface area contributed by atoms with Crippen LogP contribution in [0.25, 0.3) is 21.7 Å². The molecule has 1 fully saturated rings. The van der Waals surface area contributed by atoms with Crippen LogP contribution in [-0.2, 0) is 4.79 Å². The number of hydrogen-bond acceptors (Lipinski definition) is 4. The van der Waals surface area contributed by atoms with Gasteiger partial charge in [-0.05, 0) is 25.2 Å². The molecule has 1 unspecified atom stereocenters. The molecule has 0 aliphatic carbocycles. The van der Waals surface area contributed by atoms with Crippen molar-refractivity contribution in [2.24, 2.45) is 11.7 Å². The highest BCUT2D eigenvalue weighted by molar-refractivity contribution is 6.08. The van der Waals surface area contributed by atoms with E-state index in [9.17, 15) is 9.59 Å². The van der Waals surface area contributed by atoms with Crippen molar-refractivity contribution in [1.82, 2.24) is 10.2 Å². The number of nitrogens with one attached hydrogen (secondary N) is 1. The lowest BCUT2D eigenvalue weighted by atomic mass is 9.96. The van der Waals surface area contributed by atoms with Gasteiger partial charge in [-0.15, -0.1) is 0 Å². The summed E-state index contributed by atoms with van der Waals surface area (Å²) in [6.45, 7) is 3.83. The molecule has 2 amide bonds. The Hall–Kier alpha value is -2.86. The van der Waals surface area contributed by atoms with E-state index in [2.05, 4.69) is 5.32 Å². The van der Waals surface area contributed by atoms with Gasteiger partial charge in [0.05, 0.1) is 5.92 Å². The zero-order chi connectivity index (χ0) is 19.7. The number of carbonyl (C=O) groups excluding carboxylic acids is 2. The summed E-state index contributed by atoms with van der Waals surface area (Å²) in [6.07, 6.45) is 1.58. The van der Waals surface area contributed by atoms with Gasteiger partial charge in [-0.3, -0.25) is 9.59 Å². The first-order valence-corrected chi connectivity index (χ1v) is 9.78. The molecule has 1 aliphatic heterocycles. The number of rotatable bonds is 4. The Morgan fingerprint density at radius 1 is 1.21 bits per heavy atom. The number of piperidine rings is 1. The van der Waals surface area contributed by atoms with Crippen LogP contribution in [0.5, 0.6) is 0 Å². The van der Waals surface area contributed by atoms with E-state index in [1.54, 1.807) is 4.90 Å². The van der Waals surface area contributed by atoms with Gasteiger partial charge in [-0.1, -0.05) is 36.4 Å². The molecule has 6 nitrogen and oxygen atoms in total. The molecule has 1 atom stereocenters. The molecule has 0 bridgehead atoms. The van der Waals surface area contributed by atoms with Gasteiger partial charge >= 0.3 is 0 Å². The number of carbonyl (C=O) groups is 2. The van der Waals surface area contributed by atoms with Crippen LogP contribution in [-0.4, -0.2) is 42.9 Å². The van der Waals surface area contributed by atoms with E-state index in [0.29, 0.717) is 31.9 Å². The Morgan fingerprint density at radius 3 is 2.86 bits per heavy atom. The third-order valence-corrected chi connectivity index (χ3v) is 5.55. The second-order valence-corrected chi connectivity index (χ2v) is 7.39. The van der Waals surface area contributed by atoms with Crippen LogP contribution in [0.15, 0.2) is 40.8 Å². The van der Waals surface area contributed by atoms with Crippen molar-refractivity contribution in [2.75, 3.05) is 26.2 Å². The zero-order valence-electron chi connectivity index (χ0n) is 16.0. The molecule has 3 aromatic rings. The van der Waals surface area contributed by atoms with Gasteiger partial charge < -0.3 is 20.4 Å². The lowest BCUT2D eigenvalue weighted by Crippen LogP contribution is -2.46. The van der Waals surface area contributed by atoms with Crippen molar-refractivity contribution in [1.29, 1.82) is 0 Å². The molecule has 1 saturated heterocycles. The number of furan rings is 1. The first-order chi connectivity index (χ1) is 13.6. The van der Waals surface area contributed by atoms with Crippen LogP contribution < -0.4 is 11.1 Å². The van der Waals surface area contributed by atoms with E-state index < -0.39 is 0 Å². The fraction of sp³-hybridized carbons (Fsp3) is 0.364. The second kappa shape index (κ2) is 7.64. The molecule has 4 rings (SSSR count). The maximum atomic E-state index is 13.2. The molecule has 0 spiro atoms. The van der Waals surface area contributed by atoms with Crippen molar-refractivity contribution in [3.63, 3.8) is 0 Å². The standard InChI is InChI=1S/C22H25N3O3/c1-14-17-9-8-15-5-2-3-7-18(15)20(17)28-19(14)22(27)25-12-4-6-16(13-25)21(26)24-11-10-23/h2-3,5,7-9,16H,4,6,10-13,23H2,1H3,(H,24,26). The molecule has 2 heterocycles. The number of hydrogen-bond donors (Lipinski definition) is 2. The van der Waals surface area contributed by atoms with E-state index in [1.807, 2.05) is 43.3 Å². The maximum Gasteiger partial charge on any atom is 0.289 e.